The van der Waals surface area contributed by atoms with E-state index in [0.717, 1.165) is 25.8 Å². The predicted molar refractivity (Wildman–Crippen MR) is 82.7 cm³/mol. The first-order valence-corrected chi connectivity index (χ1v) is 8.34. The molecule has 2 unspecified atom stereocenters. The normalized spacial score (nSPS) is 26.7. The number of carbonyl (C=O) groups is 1. The van der Waals surface area contributed by atoms with Crippen molar-refractivity contribution in [2.24, 2.45) is 11.8 Å². The lowest BCUT2D eigenvalue weighted by molar-refractivity contribution is -0.154. The molecule has 1 aliphatic rings. The second-order valence-corrected chi connectivity index (χ2v) is 7.02. The summed E-state index contributed by atoms with van der Waals surface area (Å²) in [6.07, 6.45) is 4.29. The molecule has 0 amide bonds. The minimum absolute atomic E-state index is 0.0903. The average molecular weight is 295 g/mol. The number of methoxy groups -OCH3 is 1. The van der Waals surface area contributed by atoms with E-state index in [4.69, 9.17) is 4.74 Å². The van der Waals surface area contributed by atoms with Gasteiger partial charge in [0.05, 0.1) is 7.11 Å². The Kier molecular flexibility index (Phi) is 5.22. The zero-order valence-electron chi connectivity index (χ0n) is 12.6. The molecule has 0 bridgehead atoms. The van der Waals surface area contributed by atoms with E-state index in [2.05, 4.69) is 30.6 Å². The fraction of sp³-hybridized carbons (Fsp3) is 0.688. The van der Waals surface area contributed by atoms with Gasteiger partial charge in [0.2, 0.25) is 0 Å². The van der Waals surface area contributed by atoms with Gasteiger partial charge in [0.25, 0.3) is 0 Å². The smallest absolute Gasteiger partial charge is 0.326 e. The Morgan fingerprint density at radius 1 is 1.55 bits per heavy atom. The Balaban J connectivity index is 2.20. The number of nitrogens with one attached hydrogen (secondary N) is 1. The van der Waals surface area contributed by atoms with Crippen molar-refractivity contribution >= 4 is 17.3 Å². The van der Waals surface area contributed by atoms with Crippen LogP contribution in [0.1, 0.15) is 44.4 Å². The molecule has 3 nitrogen and oxygen atoms in total. The van der Waals surface area contributed by atoms with Crippen LogP contribution >= 0.6 is 11.3 Å². The topological polar surface area (TPSA) is 38.3 Å². The van der Waals surface area contributed by atoms with Gasteiger partial charge in [-0.15, -0.1) is 11.3 Å². The molecule has 20 heavy (non-hydrogen) atoms. The van der Waals surface area contributed by atoms with E-state index in [0.29, 0.717) is 11.8 Å². The minimum Gasteiger partial charge on any atom is -0.468 e. The molecule has 1 saturated carbocycles. The van der Waals surface area contributed by atoms with Crippen molar-refractivity contribution in [3.8, 4) is 0 Å². The maximum absolute atomic E-state index is 12.5. The fourth-order valence-corrected chi connectivity index (χ4v) is 4.13. The van der Waals surface area contributed by atoms with Gasteiger partial charge in [0.1, 0.15) is 5.54 Å². The molecule has 1 heterocycles. The Labute approximate surface area is 125 Å². The van der Waals surface area contributed by atoms with Crippen LogP contribution < -0.4 is 5.32 Å². The monoisotopic (exact) mass is 295 g/mol. The van der Waals surface area contributed by atoms with Crippen molar-refractivity contribution in [2.45, 2.75) is 51.6 Å². The van der Waals surface area contributed by atoms with E-state index in [1.54, 1.807) is 11.3 Å². The highest BCUT2D eigenvalue weighted by molar-refractivity contribution is 7.09. The standard InChI is InChI=1S/C16H25NO2S/c1-12(2)14-8-4-5-9-16(14,15(18)19-3)17-11-13-7-6-10-20-13/h6-7,10,12,14,17H,4-5,8-9,11H2,1-3H3. The third-order valence-electron chi connectivity index (χ3n) is 4.48. The van der Waals surface area contributed by atoms with Crippen LogP contribution in [0.2, 0.25) is 0 Å². The Morgan fingerprint density at radius 3 is 2.95 bits per heavy atom. The third kappa shape index (κ3) is 3.07. The van der Waals surface area contributed by atoms with Gasteiger partial charge < -0.3 is 4.74 Å². The zero-order chi connectivity index (χ0) is 14.6. The number of ether oxygens (including phenoxy) is 1. The first-order chi connectivity index (χ1) is 9.60. The van der Waals surface area contributed by atoms with Crippen LogP contribution in [0.4, 0.5) is 0 Å². The Morgan fingerprint density at radius 2 is 2.35 bits per heavy atom. The summed E-state index contributed by atoms with van der Waals surface area (Å²) in [7, 11) is 1.50. The van der Waals surface area contributed by atoms with Gasteiger partial charge in [-0.2, -0.15) is 0 Å². The first-order valence-electron chi connectivity index (χ1n) is 7.46. The van der Waals surface area contributed by atoms with Gasteiger partial charge in [-0.1, -0.05) is 32.8 Å². The number of esters is 1. The summed E-state index contributed by atoms with van der Waals surface area (Å²) in [6.45, 7) is 5.16. The van der Waals surface area contributed by atoms with E-state index in [1.807, 2.05) is 6.07 Å². The lowest BCUT2D eigenvalue weighted by atomic mass is 9.67. The highest BCUT2D eigenvalue weighted by atomic mass is 32.1. The minimum atomic E-state index is -0.509. The lowest BCUT2D eigenvalue weighted by Crippen LogP contribution is -2.60. The summed E-state index contributed by atoms with van der Waals surface area (Å²) >= 11 is 1.72. The van der Waals surface area contributed by atoms with Gasteiger partial charge in [0.15, 0.2) is 0 Å². The molecular formula is C16H25NO2S. The zero-order valence-corrected chi connectivity index (χ0v) is 13.5. The second kappa shape index (κ2) is 6.72. The molecule has 1 aromatic heterocycles. The number of thiophene rings is 1. The van der Waals surface area contributed by atoms with Crippen LogP contribution in [-0.4, -0.2) is 18.6 Å². The summed E-state index contributed by atoms with van der Waals surface area (Å²) < 4.78 is 5.15. The average Bonchev–Trinajstić information content (AvgIpc) is 2.97. The van der Waals surface area contributed by atoms with Crippen molar-refractivity contribution in [3.05, 3.63) is 22.4 Å². The summed E-state index contributed by atoms with van der Waals surface area (Å²) in [6, 6.07) is 4.16. The predicted octanol–water partition coefficient (Wildman–Crippen LogP) is 3.60. The number of rotatable bonds is 5. The van der Waals surface area contributed by atoms with Crippen LogP contribution in [-0.2, 0) is 16.1 Å². The molecule has 2 rings (SSSR count). The van der Waals surface area contributed by atoms with Crippen LogP contribution in [0.5, 0.6) is 0 Å². The molecular weight excluding hydrogens is 270 g/mol. The maximum atomic E-state index is 12.5. The quantitative estimate of drug-likeness (QED) is 0.844. The van der Waals surface area contributed by atoms with Crippen molar-refractivity contribution in [2.75, 3.05) is 7.11 Å². The van der Waals surface area contributed by atoms with Gasteiger partial charge in [0, 0.05) is 11.4 Å². The van der Waals surface area contributed by atoms with E-state index in [9.17, 15) is 4.79 Å². The van der Waals surface area contributed by atoms with Gasteiger partial charge in [-0.3, -0.25) is 10.1 Å². The largest absolute Gasteiger partial charge is 0.468 e. The van der Waals surface area contributed by atoms with Gasteiger partial charge in [-0.05, 0) is 36.1 Å². The first kappa shape index (κ1) is 15.5. The highest BCUT2D eigenvalue weighted by Gasteiger charge is 2.48. The molecule has 4 heteroatoms. The summed E-state index contributed by atoms with van der Waals surface area (Å²) in [5.41, 5.74) is -0.509. The molecule has 0 aromatic carbocycles. The van der Waals surface area contributed by atoms with E-state index in [-0.39, 0.29) is 5.97 Å². The number of hydrogen-bond donors (Lipinski definition) is 1. The molecule has 1 N–H and O–H groups in total. The Bertz CT molecular complexity index is 430. The molecule has 0 spiro atoms. The van der Waals surface area contributed by atoms with E-state index < -0.39 is 5.54 Å². The summed E-state index contributed by atoms with van der Waals surface area (Å²) in [5.74, 6) is 0.737. The van der Waals surface area contributed by atoms with Crippen LogP contribution in [0.3, 0.4) is 0 Å². The molecule has 0 saturated heterocycles. The van der Waals surface area contributed by atoms with Crippen molar-refractivity contribution in [1.29, 1.82) is 0 Å². The second-order valence-electron chi connectivity index (χ2n) is 5.99. The van der Waals surface area contributed by atoms with E-state index in [1.165, 1.54) is 18.4 Å². The van der Waals surface area contributed by atoms with Gasteiger partial charge >= 0.3 is 5.97 Å². The van der Waals surface area contributed by atoms with Crippen molar-refractivity contribution in [3.63, 3.8) is 0 Å². The molecule has 2 atom stereocenters. The Hall–Kier alpha value is -0.870. The summed E-state index contributed by atoms with van der Waals surface area (Å²) in [5, 5.41) is 5.63. The molecule has 1 aliphatic carbocycles. The maximum Gasteiger partial charge on any atom is 0.326 e. The highest BCUT2D eigenvalue weighted by Crippen LogP contribution is 2.39. The van der Waals surface area contributed by atoms with Gasteiger partial charge in [-0.25, -0.2) is 0 Å². The third-order valence-corrected chi connectivity index (χ3v) is 5.36. The van der Waals surface area contributed by atoms with Crippen LogP contribution in [0, 0.1) is 11.8 Å². The number of hydrogen-bond acceptors (Lipinski definition) is 4. The molecule has 0 aliphatic heterocycles. The number of carbonyl (C=O) groups excluding carboxylic acids is 1. The van der Waals surface area contributed by atoms with Crippen molar-refractivity contribution in [1.82, 2.24) is 5.32 Å². The van der Waals surface area contributed by atoms with Crippen LogP contribution in [0.25, 0.3) is 0 Å². The van der Waals surface area contributed by atoms with Crippen LogP contribution in [0.15, 0.2) is 17.5 Å². The SMILES string of the molecule is COC(=O)C1(NCc2cccs2)CCCCC1C(C)C. The summed E-state index contributed by atoms with van der Waals surface area (Å²) in [4.78, 5) is 13.7. The van der Waals surface area contributed by atoms with Crippen molar-refractivity contribution < 1.29 is 9.53 Å². The molecule has 1 aromatic rings. The molecule has 1 fully saturated rings. The molecule has 112 valence electrons. The molecule has 0 radical (unpaired) electrons. The van der Waals surface area contributed by atoms with E-state index >= 15 is 0 Å². The fourth-order valence-electron chi connectivity index (χ4n) is 3.49. The lowest BCUT2D eigenvalue weighted by Gasteiger charge is -2.44.